The molecule has 1 aromatic heterocycles. The largest absolute Gasteiger partial charge is 0.230 e. The fourth-order valence-corrected chi connectivity index (χ4v) is 1.99. The summed E-state index contributed by atoms with van der Waals surface area (Å²) in [4.78, 5) is 9.41. The van der Waals surface area contributed by atoms with Crippen molar-refractivity contribution in [3.05, 3.63) is 46.2 Å². The predicted octanol–water partition coefficient (Wildman–Crippen LogP) is 4.04. The number of benzene rings is 1. The summed E-state index contributed by atoms with van der Waals surface area (Å²) >= 11 is 10.6. The van der Waals surface area contributed by atoms with Gasteiger partial charge >= 0.3 is 0 Å². The van der Waals surface area contributed by atoms with Crippen LogP contribution in [0.2, 0.25) is 5.02 Å². The second-order valence-electron chi connectivity index (χ2n) is 2.74. The van der Waals surface area contributed by atoms with Gasteiger partial charge in [0.15, 0.2) is 5.16 Å². The Hall–Kier alpha value is -0.580. The molecule has 0 saturated carbocycles. The van der Waals surface area contributed by atoms with E-state index in [2.05, 4.69) is 25.9 Å². The lowest BCUT2D eigenvalue weighted by atomic mass is 10.4. The van der Waals surface area contributed by atoms with Gasteiger partial charge in [-0.05, 0) is 52.0 Å². The van der Waals surface area contributed by atoms with E-state index in [-0.39, 0.29) is 0 Å². The maximum Gasteiger partial charge on any atom is 0.192 e. The van der Waals surface area contributed by atoms with E-state index < -0.39 is 0 Å². The molecule has 1 aromatic carbocycles. The van der Waals surface area contributed by atoms with Crippen molar-refractivity contribution in [1.29, 1.82) is 0 Å². The number of hydrogen-bond donors (Lipinski definition) is 0. The van der Waals surface area contributed by atoms with E-state index >= 15 is 0 Å². The van der Waals surface area contributed by atoms with E-state index in [0.717, 1.165) is 19.5 Å². The van der Waals surface area contributed by atoms with Crippen LogP contribution >= 0.6 is 39.3 Å². The first kappa shape index (κ1) is 10.9. The van der Waals surface area contributed by atoms with Crippen molar-refractivity contribution in [2.45, 2.75) is 10.1 Å². The molecule has 2 nitrogen and oxygen atoms in total. The summed E-state index contributed by atoms with van der Waals surface area (Å²) in [6.45, 7) is 0. The Labute approximate surface area is 105 Å². The van der Waals surface area contributed by atoms with Gasteiger partial charge in [0.1, 0.15) is 0 Å². The molecular formula is C10H6BrClN2S. The van der Waals surface area contributed by atoms with Gasteiger partial charge < -0.3 is 0 Å². The summed E-state index contributed by atoms with van der Waals surface area (Å²) < 4.78 is 0.878. The maximum atomic E-state index is 5.79. The van der Waals surface area contributed by atoms with Gasteiger partial charge in [0.05, 0.1) is 4.47 Å². The van der Waals surface area contributed by atoms with E-state index in [0.29, 0.717) is 0 Å². The fraction of sp³-hybridized carbons (Fsp3) is 0. The predicted molar refractivity (Wildman–Crippen MR) is 65.3 cm³/mol. The molecule has 0 saturated heterocycles. The Kier molecular flexibility index (Phi) is 3.61. The first-order valence-electron chi connectivity index (χ1n) is 4.15. The summed E-state index contributed by atoms with van der Waals surface area (Å²) in [5.41, 5.74) is 0. The van der Waals surface area contributed by atoms with Gasteiger partial charge in [0, 0.05) is 22.3 Å². The zero-order chi connectivity index (χ0) is 10.7. The quantitative estimate of drug-likeness (QED) is 0.783. The lowest BCUT2D eigenvalue weighted by Gasteiger charge is -1.99. The molecule has 5 heteroatoms. The third kappa shape index (κ3) is 3.19. The fourth-order valence-electron chi connectivity index (χ4n) is 0.961. The smallest absolute Gasteiger partial charge is 0.192 e. The van der Waals surface area contributed by atoms with Gasteiger partial charge in [0.25, 0.3) is 0 Å². The molecule has 0 radical (unpaired) electrons. The third-order valence-corrected chi connectivity index (χ3v) is 3.18. The molecule has 1 heterocycles. The Morgan fingerprint density at radius 3 is 2.27 bits per heavy atom. The highest BCUT2D eigenvalue weighted by molar-refractivity contribution is 9.10. The van der Waals surface area contributed by atoms with Crippen molar-refractivity contribution in [2.75, 3.05) is 0 Å². The topological polar surface area (TPSA) is 25.8 Å². The number of hydrogen-bond acceptors (Lipinski definition) is 3. The summed E-state index contributed by atoms with van der Waals surface area (Å²) in [5, 5.41) is 1.46. The van der Waals surface area contributed by atoms with Gasteiger partial charge in [-0.3, -0.25) is 0 Å². The lowest BCUT2D eigenvalue weighted by molar-refractivity contribution is 0.958. The van der Waals surface area contributed by atoms with Crippen LogP contribution in [0, 0.1) is 0 Å². The number of rotatable bonds is 2. The minimum Gasteiger partial charge on any atom is -0.230 e. The first-order valence-corrected chi connectivity index (χ1v) is 6.14. The molecule has 0 unspecified atom stereocenters. The van der Waals surface area contributed by atoms with Crippen molar-refractivity contribution in [3.8, 4) is 0 Å². The van der Waals surface area contributed by atoms with Gasteiger partial charge in [-0.25, -0.2) is 9.97 Å². The van der Waals surface area contributed by atoms with Crippen LogP contribution in [0.1, 0.15) is 0 Å². The summed E-state index contributed by atoms with van der Waals surface area (Å²) in [6, 6.07) is 7.59. The van der Waals surface area contributed by atoms with E-state index in [4.69, 9.17) is 11.6 Å². The van der Waals surface area contributed by atoms with Crippen molar-refractivity contribution in [1.82, 2.24) is 9.97 Å². The maximum absolute atomic E-state index is 5.79. The molecule has 0 aliphatic rings. The molecule has 0 atom stereocenters. The third-order valence-electron chi connectivity index (χ3n) is 1.62. The summed E-state index contributed by atoms with van der Waals surface area (Å²) in [6.07, 6.45) is 3.45. The van der Waals surface area contributed by atoms with Crippen LogP contribution in [-0.2, 0) is 0 Å². The van der Waals surface area contributed by atoms with E-state index in [1.807, 2.05) is 24.3 Å². The molecule has 76 valence electrons. The van der Waals surface area contributed by atoms with Crippen molar-refractivity contribution >= 4 is 39.3 Å². The molecule has 2 rings (SSSR count). The van der Waals surface area contributed by atoms with E-state index in [1.54, 1.807) is 12.4 Å². The van der Waals surface area contributed by atoms with Gasteiger partial charge in [-0.1, -0.05) is 11.6 Å². The van der Waals surface area contributed by atoms with Crippen LogP contribution in [-0.4, -0.2) is 9.97 Å². The Morgan fingerprint density at radius 2 is 1.67 bits per heavy atom. The average Bonchev–Trinajstić information content (AvgIpc) is 2.25. The molecule has 0 aliphatic carbocycles. The Bertz CT molecular complexity index is 400. The molecular weight excluding hydrogens is 296 g/mol. The van der Waals surface area contributed by atoms with Crippen molar-refractivity contribution in [3.63, 3.8) is 0 Å². The molecule has 2 aromatic rings. The SMILES string of the molecule is Clc1ccc(Sc2ncc(Br)cn2)cc1. The number of nitrogens with zero attached hydrogens (tertiary/aromatic N) is 2. The van der Waals surface area contributed by atoms with Crippen molar-refractivity contribution < 1.29 is 0 Å². The van der Waals surface area contributed by atoms with Crippen LogP contribution in [0.4, 0.5) is 0 Å². The molecule has 0 amide bonds. The Morgan fingerprint density at radius 1 is 1.07 bits per heavy atom. The zero-order valence-corrected chi connectivity index (χ0v) is 10.7. The molecule has 0 aliphatic heterocycles. The van der Waals surface area contributed by atoms with Crippen LogP contribution in [0.3, 0.4) is 0 Å². The van der Waals surface area contributed by atoms with Crippen LogP contribution in [0.25, 0.3) is 0 Å². The van der Waals surface area contributed by atoms with Crippen LogP contribution in [0.15, 0.2) is 51.2 Å². The normalized spacial score (nSPS) is 10.3. The first-order chi connectivity index (χ1) is 7.24. The van der Waals surface area contributed by atoms with Crippen molar-refractivity contribution in [2.24, 2.45) is 0 Å². The molecule has 0 N–H and O–H groups in total. The highest BCUT2D eigenvalue weighted by atomic mass is 79.9. The molecule has 15 heavy (non-hydrogen) atoms. The second-order valence-corrected chi connectivity index (χ2v) is 5.13. The highest BCUT2D eigenvalue weighted by Crippen LogP contribution is 2.25. The molecule has 0 spiro atoms. The summed E-state index contributed by atoms with van der Waals surface area (Å²) in [5.74, 6) is 0. The lowest BCUT2D eigenvalue weighted by Crippen LogP contribution is -1.84. The average molecular weight is 302 g/mol. The zero-order valence-electron chi connectivity index (χ0n) is 7.52. The minimum atomic E-state index is 0.723. The van der Waals surface area contributed by atoms with E-state index in [9.17, 15) is 0 Å². The van der Waals surface area contributed by atoms with Gasteiger partial charge in [0.2, 0.25) is 0 Å². The molecule has 0 bridgehead atoms. The monoisotopic (exact) mass is 300 g/mol. The highest BCUT2D eigenvalue weighted by Gasteiger charge is 1.99. The standard InChI is InChI=1S/C10H6BrClN2S/c11-7-5-13-10(14-6-7)15-9-3-1-8(12)2-4-9/h1-6H. The Balaban J connectivity index is 2.15. The van der Waals surface area contributed by atoms with Gasteiger partial charge in [-0.2, -0.15) is 0 Å². The van der Waals surface area contributed by atoms with Gasteiger partial charge in [-0.15, -0.1) is 0 Å². The molecule has 0 fully saturated rings. The van der Waals surface area contributed by atoms with Crippen LogP contribution < -0.4 is 0 Å². The van der Waals surface area contributed by atoms with E-state index in [1.165, 1.54) is 11.8 Å². The second kappa shape index (κ2) is 4.96. The minimum absolute atomic E-state index is 0.723. The number of aromatic nitrogens is 2. The van der Waals surface area contributed by atoms with Crippen LogP contribution in [0.5, 0.6) is 0 Å². The summed E-state index contributed by atoms with van der Waals surface area (Å²) in [7, 11) is 0. The number of halogens is 2.